The Kier molecular flexibility index (Phi) is 6.59. The molecule has 5 heteroatoms. The number of nitrogens with zero attached hydrogens (tertiary/aromatic N) is 2. The predicted molar refractivity (Wildman–Crippen MR) is 99.1 cm³/mol. The molecule has 0 atom stereocenters. The van der Waals surface area contributed by atoms with Gasteiger partial charge in [-0.2, -0.15) is 0 Å². The van der Waals surface area contributed by atoms with Gasteiger partial charge >= 0.3 is 0 Å². The molecule has 0 fully saturated rings. The van der Waals surface area contributed by atoms with E-state index in [1.54, 1.807) is 6.20 Å². The largest absolute Gasteiger partial charge is 0.371 e. The molecule has 0 bridgehead atoms. The summed E-state index contributed by atoms with van der Waals surface area (Å²) in [6, 6.07) is 11.3. The normalized spacial score (nSPS) is 10.4. The van der Waals surface area contributed by atoms with Crippen LogP contribution in [-0.4, -0.2) is 24.0 Å². The number of carbonyl (C=O) groups is 1. The molecule has 1 N–H and O–H groups in total. The minimum absolute atomic E-state index is 0.192. The highest BCUT2D eigenvalue weighted by molar-refractivity contribution is 9.10. The number of aromatic nitrogens is 1. The number of halogens is 1. The van der Waals surface area contributed by atoms with Crippen molar-refractivity contribution in [3.8, 4) is 0 Å². The van der Waals surface area contributed by atoms with Crippen molar-refractivity contribution in [3.05, 3.63) is 52.8 Å². The number of nitrogens with one attached hydrogen (secondary N) is 1. The van der Waals surface area contributed by atoms with E-state index in [1.165, 1.54) is 0 Å². The third-order valence-electron chi connectivity index (χ3n) is 3.43. The standard InChI is InChI=1S/C18H22BrN3O/c1-3-11-22(12-4-2)16-9-10-20-17(13-16)18(23)21-15-7-5-14(19)6-8-15/h5-10,13H,3-4,11-12H2,1-2H3,(H,21,23). The van der Waals surface area contributed by atoms with E-state index in [1.807, 2.05) is 36.4 Å². The Morgan fingerprint density at radius 1 is 1.13 bits per heavy atom. The Balaban J connectivity index is 2.14. The van der Waals surface area contributed by atoms with Gasteiger partial charge in [0.1, 0.15) is 5.69 Å². The van der Waals surface area contributed by atoms with Crippen LogP contribution in [0.2, 0.25) is 0 Å². The molecule has 0 spiro atoms. The number of carbonyl (C=O) groups excluding carboxylic acids is 1. The molecule has 0 aliphatic carbocycles. The molecular weight excluding hydrogens is 354 g/mol. The van der Waals surface area contributed by atoms with Gasteiger partial charge in [0.05, 0.1) is 0 Å². The summed E-state index contributed by atoms with van der Waals surface area (Å²) in [5, 5.41) is 2.87. The molecule has 1 heterocycles. The van der Waals surface area contributed by atoms with E-state index in [9.17, 15) is 4.79 Å². The maximum Gasteiger partial charge on any atom is 0.274 e. The first-order valence-electron chi connectivity index (χ1n) is 7.92. The summed E-state index contributed by atoms with van der Waals surface area (Å²) in [6.07, 6.45) is 3.84. The number of anilines is 2. The van der Waals surface area contributed by atoms with Gasteiger partial charge in [-0.3, -0.25) is 9.78 Å². The average molecular weight is 376 g/mol. The van der Waals surface area contributed by atoms with Crippen LogP contribution in [0.3, 0.4) is 0 Å². The fraction of sp³-hybridized carbons (Fsp3) is 0.333. The lowest BCUT2D eigenvalue weighted by atomic mass is 10.2. The first-order chi connectivity index (χ1) is 11.1. The molecule has 2 aromatic rings. The number of rotatable bonds is 7. The molecule has 0 unspecified atom stereocenters. The number of hydrogen-bond donors (Lipinski definition) is 1. The van der Waals surface area contributed by atoms with Crippen LogP contribution in [-0.2, 0) is 0 Å². The number of amides is 1. The fourth-order valence-electron chi connectivity index (χ4n) is 2.38. The number of benzene rings is 1. The van der Waals surface area contributed by atoms with E-state index in [0.717, 1.165) is 41.8 Å². The zero-order valence-electron chi connectivity index (χ0n) is 13.6. The minimum Gasteiger partial charge on any atom is -0.371 e. The molecule has 1 amide bonds. The monoisotopic (exact) mass is 375 g/mol. The van der Waals surface area contributed by atoms with E-state index in [0.29, 0.717) is 5.69 Å². The van der Waals surface area contributed by atoms with E-state index >= 15 is 0 Å². The van der Waals surface area contributed by atoms with Gasteiger partial charge in [-0.05, 0) is 49.2 Å². The molecule has 1 aromatic carbocycles. The first-order valence-corrected chi connectivity index (χ1v) is 8.71. The van der Waals surface area contributed by atoms with E-state index in [4.69, 9.17) is 0 Å². The number of pyridine rings is 1. The molecule has 0 saturated carbocycles. The molecule has 2 rings (SSSR count). The van der Waals surface area contributed by atoms with E-state index in [-0.39, 0.29) is 5.91 Å². The molecule has 1 aromatic heterocycles. The van der Waals surface area contributed by atoms with Crippen molar-refractivity contribution in [2.75, 3.05) is 23.3 Å². The summed E-state index contributed by atoms with van der Waals surface area (Å²) in [5.74, 6) is -0.192. The predicted octanol–water partition coefficient (Wildman–Crippen LogP) is 4.72. The highest BCUT2D eigenvalue weighted by Gasteiger charge is 2.11. The maximum absolute atomic E-state index is 12.4. The summed E-state index contributed by atoms with van der Waals surface area (Å²) < 4.78 is 0.977. The molecule has 0 saturated heterocycles. The molecule has 0 radical (unpaired) electrons. The second-order valence-corrected chi connectivity index (χ2v) is 6.26. The Hall–Kier alpha value is -1.88. The Morgan fingerprint density at radius 2 is 1.78 bits per heavy atom. The quantitative estimate of drug-likeness (QED) is 0.760. The van der Waals surface area contributed by atoms with Gasteiger partial charge in [0.2, 0.25) is 0 Å². The molecule has 122 valence electrons. The molecule has 0 aliphatic heterocycles. The molecular formula is C18H22BrN3O. The zero-order valence-corrected chi connectivity index (χ0v) is 15.1. The van der Waals surface area contributed by atoms with Gasteiger partial charge in [0.15, 0.2) is 0 Å². The van der Waals surface area contributed by atoms with Gasteiger partial charge in [-0.15, -0.1) is 0 Å². The summed E-state index contributed by atoms with van der Waals surface area (Å²) in [5.41, 5.74) is 2.23. The lowest BCUT2D eigenvalue weighted by Crippen LogP contribution is -2.25. The van der Waals surface area contributed by atoms with Crippen LogP contribution in [0.15, 0.2) is 47.1 Å². The Labute approximate surface area is 146 Å². The summed E-state index contributed by atoms with van der Waals surface area (Å²) in [7, 11) is 0. The Morgan fingerprint density at radius 3 is 2.39 bits per heavy atom. The van der Waals surface area contributed by atoms with Gasteiger partial charge in [-0.25, -0.2) is 0 Å². The van der Waals surface area contributed by atoms with Crippen molar-refractivity contribution in [1.82, 2.24) is 4.98 Å². The van der Waals surface area contributed by atoms with Crippen LogP contribution in [0.1, 0.15) is 37.2 Å². The third kappa shape index (κ3) is 5.06. The van der Waals surface area contributed by atoms with Crippen molar-refractivity contribution >= 4 is 33.2 Å². The van der Waals surface area contributed by atoms with Crippen molar-refractivity contribution < 1.29 is 4.79 Å². The van der Waals surface area contributed by atoms with Gasteiger partial charge < -0.3 is 10.2 Å². The Bertz CT molecular complexity index is 637. The topological polar surface area (TPSA) is 45.2 Å². The van der Waals surface area contributed by atoms with Gasteiger partial charge in [0.25, 0.3) is 5.91 Å². The minimum atomic E-state index is -0.192. The van der Waals surface area contributed by atoms with Crippen molar-refractivity contribution in [3.63, 3.8) is 0 Å². The fourth-order valence-corrected chi connectivity index (χ4v) is 2.64. The molecule has 23 heavy (non-hydrogen) atoms. The summed E-state index contributed by atoms with van der Waals surface area (Å²) in [6.45, 7) is 6.27. The van der Waals surface area contributed by atoms with Crippen LogP contribution in [0.25, 0.3) is 0 Å². The SMILES string of the molecule is CCCN(CCC)c1ccnc(C(=O)Nc2ccc(Br)cc2)c1. The van der Waals surface area contributed by atoms with Gasteiger partial charge in [0, 0.05) is 35.1 Å². The summed E-state index contributed by atoms with van der Waals surface area (Å²) in [4.78, 5) is 18.9. The molecule has 4 nitrogen and oxygen atoms in total. The lowest BCUT2D eigenvalue weighted by Gasteiger charge is -2.23. The van der Waals surface area contributed by atoms with E-state index in [2.05, 4.69) is 45.0 Å². The second-order valence-electron chi connectivity index (χ2n) is 5.35. The molecule has 0 aliphatic rings. The average Bonchev–Trinajstić information content (AvgIpc) is 2.57. The smallest absolute Gasteiger partial charge is 0.274 e. The van der Waals surface area contributed by atoms with Crippen LogP contribution < -0.4 is 10.2 Å². The maximum atomic E-state index is 12.4. The lowest BCUT2D eigenvalue weighted by molar-refractivity contribution is 0.102. The van der Waals surface area contributed by atoms with Crippen LogP contribution >= 0.6 is 15.9 Å². The summed E-state index contributed by atoms with van der Waals surface area (Å²) >= 11 is 3.38. The zero-order chi connectivity index (χ0) is 16.7. The number of hydrogen-bond acceptors (Lipinski definition) is 3. The highest BCUT2D eigenvalue weighted by Crippen LogP contribution is 2.18. The second kappa shape index (κ2) is 8.67. The van der Waals surface area contributed by atoms with Crippen molar-refractivity contribution in [2.24, 2.45) is 0 Å². The third-order valence-corrected chi connectivity index (χ3v) is 3.96. The van der Waals surface area contributed by atoms with Crippen molar-refractivity contribution in [1.29, 1.82) is 0 Å². The van der Waals surface area contributed by atoms with Crippen LogP contribution in [0.4, 0.5) is 11.4 Å². The highest BCUT2D eigenvalue weighted by atomic mass is 79.9. The van der Waals surface area contributed by atoms with Gasteiger partial charge in [-0.1, -0.05) is 29.8 Å². The van der Waals surface area contributed by atoms with Crippen LogP contribution in [0, 0.1) is 0 Å². The van der Waals surface area contributed by atoms with E-state index < -0.39 is 0 Å². The van der Waals surface area contributed by atoms with Crippen molar-refractivity contribution in [2.45, 2.75) is 26.7 Å². The first kappa shape index (κ1) is 17.5. The van der Waals surface area contributed by atoms with Crippen LogP contribution in [0.5, 0.6) is 0 Å².